The van der Waals surface area contributed by atoms with Gasteiger partial charge in [-0.05, 0) is 23.4 Å². The average Bonchev–Trinajstić information content (AvgIpc) is 2.78. The quantitative estimate of drug-likeness (QED) is 0.646. The van der Waals surface area contributed by atoms with Gasteiger partial charge in [0.1, 0.15) is 6.04 Å². The molecule has 90 valence electrons. The molecule has 0 amide bonds. The highest BCUT2D eigenvalue weighted by Crippen LogP contribution is 2.19. The number of halogens is 1. The molecule has 2 rings (SSSR count). The van der Waals surface area contributed by atoms with Crippen LogP contribution in [0.5, 0.6) is 0 Å². The van der Waals surface area contributed by atoms with Crippen molar-refractivity contribution in [2.24, 2.45) is 0 Å². The molecule has 0 aliphatic rings. The van der Waals surface area contributed by atoms with Crippen LogP contribution in [0.15, 0.2) is 30.5 Å². The van der Waals surface area contributed by atoms with Gasteiger partial charge in [-0.2, -0.15) is 0 Å². The maximum Gasteiger partial charge on any atom is 0.324 e. The minimum absolute atomic E-state index is 0.370. The average molecular weight is 253 g/mol. The second-order valence-electron chi connectivity index (χ2n) is 3.75. The second-order valence-corrected chi connectivity index (χ2v) is 3.97. The van der Waals surface area contributed by atoms with E-state index in [1.54, 1.807) is 0 Å². The molecular formula is C12H13ClN2O2. The normalized spacial score (nSPS) is 12.6. The number of fused-ring (bicyclic) bond motifs is 1. The third-order valence-electron chi connectivity index (χ3n) is 2.72. The fraction of sp³-hybridized carbons (Fsp3) is 0.250. The number of para-hydroxylation sites is 1. The van der Waals surface area contributed by atoms with Gasteiger partial charge in [-0.3, -0.25) is 4.79 Å². The molecule has 17 heavy (non-hydrogen) atoms. The Labute approximate surface area is 104 Å². The molecule has 0 aliphatic carbocycles. The summed E-state index contributed by atoms with van der Waals surface area (Å²) in [4.78, 5) is 17.0. The molecule has 0 fully saturated rings. The molecule has 0 saturated carbocycles. The summed E-state index contributed by atoms with van der Waals surface area (Å²) < 4.78 is 4.67. The molecule has 0 bridgehead atoms. The highest BCUT2D eigenvalue weighted by Gasteiger charge is 2.19. The summed E-state index contributed by atoms with van der Waals surface area (Å²) in [6.45, 7) is 0. The van der Waals surface area contributed by atoms with E-state index in [9.17, 15) is 4.79 Å². The first kappa shape index (κ1) is 12.0. The van der Waals surface area contributed by atoms with Gasteiger partial charge in [-0.15, -0.1) is 0 Å². The zero-order chi connectivity index (χ0) is 12.3. The number of carbonyl (C=O) groups is 1. The van der Waals surface area contributed by atoms with Crippen LogP contribution in [0.1, 0.15) is 5.56 Å². The van der Waals surface area contributed by atoms with E-state index < -0.39 is 6.04 Å². The molecule has 5 heteroatoms. The third-order valence-corrected chi connectivity index (χ3v) is 2.98. The number of esters is 1. The molecule has 2 N–H and O–H groups in total. The second kappa shape index (κ2) is 5.21. The standard InChI is InChI=1S/C12H13ClN2O2/c1-17-12(16)11(15-13)6-8-7-14-10-5-3-2-4-9(8)10/h2-5,7,11,14-15H,6H2,1H3/t11-/m1/s1. The lowest BCUT2D eigenvalue weighted by molar-refractivity contribution is -0.142. The number of methoxy groups -OCH3 is 1. The Morgan fingerprint density at radius 1 is 1.53 bits per heavy atom. The van der Waals surface area contributed by atoms with Crippen LogP contribution in [0, 0.1) is 0 Å². The zero-order valence-electron chi connectivity index (χ0n) is 9.37. The van der Waals surface area contributed by atoms with Crippen LogP contribution in [0.2, 0.25) is 0 Å². The number of nitrogens with one attached hydrogen (secondary N) is 2. The van der Waals surface area contributed by atoms with Gasteiger partial charge in [-0.25, -0.2) is 4.84 Å². The molecule has 0 spiro atoms. The fourth-order valence-electron chi connectivity index (χ4n) is 1.83. The van der Waals surface area contributed by atoms with Gasteiger partial charge in [0.05, 0.1) is 7.11 Å². The van der Waals surface area contributed by atoms with Crippen LogP contribution in [0.25, 0.3) is 10.9 Å². The topological polar surface area (TPSA) is 54.1 Å². The number of aromatic amines is 1. The summed E-state index contributed by atoms with van der Waals surface area (Å²) in [5.74, 6) is -0.370. The summed E-state index contributed by atoms with van der Waals surface area (Å²) in [7, 11) is 1.35. The molecule has 4 nitrogen and oxygen atoms in total. The number of carbonyl (C=O) groups excluding carboxylic acids is 1. The molecule has 0 saturated heterocycles. The Balaban J connectivity index is 2.25. The smallest absolute Gasteiger partial charge is 0.324 e. The van der Waals surface area contributed by atoms with E-state index in [2.05, 4.69) is 14.6 Å². The highest BCUT2D eigenvalue weighted by atomic mass is 35.5. The molecule has 0 radical (unpaired) electrons. The van der Waals surface area contributed by atoms with Crippen molar-refractivity contribution in [3.05, 3.63) is 36.0 Å². The van der Waals surface area contributed by atoms with Crippen LogP contribution < -0.4 is 4.84 Å². The summed E-state index contributed by atoms with van der Waals surface area (Å²) in [6, 6.07) is 7.37. The van der Waals surface area contributed by atoms with E-state index in [1.807, 2.05) is 30.5 Å². The van der Waals surface area contributed by atoms with Crippen molar-refractivity contribution in [3.8, 4) is 0 Å². The van der Waals surface area contributed by atoms with Crippen molar-refractivity contribution in [1.82, 2.24) is 9.82 Å². The number of H-pyrrole nitrogens is 1. The molecule has 0 unspecified atom stereocenters. The SMILES string of the molecule is COC(=O)[C@@H](Cc1c[nH]c2ccccc12)NCl. The summed E-state index contributed by atoms with van der Waals surface area (Å²) in [6.07, 6.45) is 2.37. The van der Waals surface area contributed by atoms with Crippen LogP contribution in [0.3, 0.4) is 0 Å². The maximum atomic E-state index is 11.4. The van der Waals surface area contributed by atoms with E-state index >= 15 is 0 Å². The Morgan fingerprint density at radius 3 is 3.00 bits per heavy atom. The molecule has 1 aromatic carbocycles. The number of hydrogen-bond acceptors (Lipinski definition) is 3. The van der Waals surface area contributed by atoms with Crippen LogP contribution >= 0.6 is 11.8 Å². The van der Waals surface area contributed by atoms with Crippen LogP contribution in [0.4, 0.5) is 0 Å². The van der Waals surface area contributed by atoms with Gasteiger partial charge in [0.15, 0.2) is 0 Å². The summed E-state index contributed by atoms with van der Waals surface area (Å²) in [5, 5.41) is 1.09. The van der Waals surface area contributed by atoms with Gasteiger partial charge >= 0.3 is 5.97 Å². The van der Waals surface area contributed by atoms with E-state index in [0.29, 0.717) is 6.42 Å². The van der Waals surface area contributed by atoms with Gasteiger partial charge < -0.3 is 9.72 Å². The molecular weight excluding hydrogens is 240 g/mol. The molecule has 1 atom stereocenters. The largest absolute Gasteiger partial charge is 0.468 e. The predicted molar refractivity (Wildman–Crippen MR) is 66.8 cm³/mol. The molecule has 0 aliphatic heterocycles. The van der Waals surface area contributed by atoms with Crippen molar-refractivity contribution in [2.75, 3.05) is 7.11 Å². The zero-order valence-corrected chi connectivity index (χ0v) is 10.1. The number of benzene rings is 1. The van der Waals surface area contributed by atoms with Crippen molar-refractivity contribution < 1.29 is 9.53 Å². The first-order chi connectivity index (χ1) is 8.26. The Bertz CT molecular complexity index is 524. The Morgan fingerprint density at radius 2 is 2.29 bits per heavy atom. The van der Waals surface area contributed by atoms with Crippen molar-refractivity contribution in [1.29, 1.82) is 0 Å². The van der Waals surface area contributed by atoms with Crippen molar-refractivity contribution in [3.63, 3.8) is 0 Å². The fourth-order valence-corrected chi connectivity index (χ4v) is 2.00. The number of hydrogen-bond donors (Lipinski definition) is 2. The lowest BCUT2D eigenvalue weighted by Crippen LogP contribution is -2.33. The summed E-state index contributed by atoms with van der Waals surface area (Å²) in [5.41, 5.74) is 2.07. The van der Waals surface area contributed by atoms with Gasteiger partial charge in [-0.1, -0.05) is 18.2 Å². The minimum Gasteiger partial charge on any atom is -0.468 e. The number of ether oxygens (including phenoxy) is 1. The number of rotatable bonds is 4. The lowest BCUT2D eigenvalue weighted by Gasteiger charge is -2.11. The minimum atomic E-state index is -0.541. The predicted octanol–water partition coefficient (Wildman–Crippen LogP) is 2.00. The van der Waals surface area contributed by atoms with Crippen molar-refractivity contribution in [2.45, 2.75) is 12.5 Å². The summed E-state index contributed by atoms with van der Waals surface area (Å²) >= 11 is 5.55. The maximum absolute atomic E-state index is 11.4. The Hall–Kier alpha value is -1.52. The molecule has 2 aromatic rings. The Kier molecular flexibility index (Phi) is 3.66. The van der Waals surface area contributed by atoms with E-state index in [4.69, 9.17) is 11.8 Å². The first-order valence-corrected chi connectivity index (χ1v) is 5.63. The van der Waals surface area contributed by atoms with Crippen molar-refractivity contribution >= 4 is 28.6 Å². The van der Waals surface area contributed by atoms with Crippen LogP contribution in [-0.4, -0.2) is 24.1 Å². The van der Waals surface area contributed by atoms with Crippen LogP contribution in [-0.2, 0) is 16.0 Å². The lowest BCUT2D eigenvalue weighted by atomic mass is 10.1. The van der Waals surface area contributed by atoms with E-state index in [0.717, 1.165) is 16.5 Å². The molecule has 1 heterocycles. The monoisotopic (exact) mass is 252 g/mol. The first-order valence-electron chi connectivity index (χ1n) is 5.25. The van der Waals surface area contributed by atoms with Gasteiger partial charge in [0.2, 0.25) is 0 Å². The third kappa shape index (κ3) is 2.43. The van der Waals surface area contributed by atoms with E-state index in [-0.39, 0.29) is 5.97 Å². The van der Waals surface area contributed by atoms with Gasteiger partial charge in [0, 0.05) is 23.5 Å². The number of aromatic nitrogens is 1. The van der Waals surface area contributed by atoms with E-state index in [1.165, 1.54) is 7.11 Å². The van der Waals surface area contributed by atoms with Gasteiger partial charge in [0.25, 0.3) is 0 Å². The highest BCUT2D eigenvalue weighted by molar-refractivity contribution is 6.14. The molecule has 1 aromatic heterocycles.